The van der Waals surface area contributed by atoms with Crippen molar-refractivity contribution in [2.24, 2.45) is 0 Å². The molecule has 1 aromatic heterocycles. The molecular formula is C11H6Cl2F3N5O. The molecule has 2 aromatic rings. The van der Waals surface area contributed by atoms with Crippen LogP contribution in [0.5, 0.6) is 0 Å². The number of nitrogens with zero attached hydrogens (tertiary/aromatic N) is 3. The monoisotopic (exact) mass is 351 g/mol. The van der Waals surface area contributed by atoms with Crippen LogP contribution >= 0.6 is 23.2 Å². The van der Waals surface area contributed by atoms with Gasteiger partial charge in [0.05, 0.1) is 21.9 Å². The van der Waals surface area contributed by atoms with Crippen molar-refractivity contribution in [2.45, 2.75) is 6.18 Å². The molecule has 0 saturated carbocycles. The number of hydrogen-bond acceptors (Lipinski definition) is 5. The Morgan fingerprint density at radius 3 is 2.55 bits per heavy atom. The van der Waals surface area contributed by atoms with Gasteiger partial charge in [0.15, 0.2) is 0 Å². The van der Waals surface area contributed by atoms with E-state index in [4.69, 9.17) is 23.2 Å². The number of hydrazine groups is 1. The second-order valence-electron chi connectivity index (χ2n) is 3.87. The van der Waals surface area contributed by atoms with Gasteiger partial charge >= 0.3 is 12.1 Å². The van der Waals surface area contributed by atoms with E-state index < -0.39 is 12.1 Å². The minimum Gasteiger partial charge on any atom is -0.264 e. The number of aromatic nitrogens is 3. The van der Waals surface area contributed by atoms with Crippen LogP contribution in [0.1, 0.15) is 0 Å². The van der Waals surface area contributed by atoms with Gasteiger partial charge in [0, 0.05) is 5.56 Å². The number of amides is 1. The number of halogens is 5. The molecule has 6 nitrogen and oxygen atoms in total. The summed E-state index contributed by atoms with van der Waals surface area (Å²) < 4.78 is 36.1. The van der Waals surface area contributed by atoms with Gasteiger partial charge in [-0.15, -0.1) is 5.10 Å². The molecule has 1 amide bonds. The lowest BCUT2D eigenvalue weighted by atomic mass is 10.2. The molecule has 1 aromatic carbocycles. The largest absolute Gasteiger partial charge is 0.472 e. The van der Waals surface area contributed by atoms with E-state index in [1.807, 2.05) is 5.43 Å². The average molecular weight is 352 g/mol. The Morgan fingerprint density at radius 2 is 1.91 bits per heavy atom. The zero-order valence-corrected chi connectivity index (χ0v) is 12.0. The molecular weight excluding hydrogens is 346 g/mol. The van der Waals surface area contributed by atoms with E-state index in [9.17, 15) is 18.0 Å². The maximum absolute atomic E-state index is 12.0. The summed E-state index contributed by atoms with van der Waals surface area (Å²) in [5.41, 5.74) is 4.13. The van der Waals surface area contributed by atoms with Crippen LogP contribution < -0.4 is 10.9 Å². The molecule has 0 aliphatic rings. The lowest BCUT2D eigenvalue weighted by Gasteiger charge is -2.09. The van der Waals surface area contributed by atoms with Crippen LogP contribution in [-0.2, 0) is 4.79 Å². The predicted octanol–water partition coefficient (Wildman–Crippen LogP) is 2.85. The van der Waals surface area contributed by atoms with E-state index in [1.54, 1.807) is 6.07 Å². The summed E-state index contributed by atoms with van der Waals surface area (Å²) in [6.45, 7) is 0. The van der Waals surface area contributed by atoms with Gasteiger partial charge in [0.2, 0.25) is 0 Å². The first kappa shape index (κ1) is 16.2. The third-order valence-corrected chi connectivity index (χ3v) is 3.06. The number of rotatable bonds is 3. The van der Waals surface area contributed by atoms with Gasteiger partial charge in [-0.2, -0.15) is 18.3 Å². The second kappa shape index (κ2) is 6.32. The van der Waals surface area contributed by atoms with E-state index in [0.29, 0.717) is 10.6 Å². The molecule has 0 saturated heterocycles. The van der Waals surface area contributed by atoms with Gasteiger partial charge in [-0.3, -0.25) is 15.6 Å². The molecule has 0 bridgehead atoms. The minimum atomic E-state index is -5.03. The van der Waals surface area contributed by atoms with Gasteiger partial charge < -0.3 is 0 Å². The van der Waals surface area contributed by atoms with Crippen molar-refractivity contribution in [3.63, 3.8) is 0 Å². The number of benzene rings is 1. The zero-order valence-electron chi connectivity index (χ0n) is 10.4. The van der Waals surface area contributed by atoms with Gasteiger partial charge in [0.25, 0.3) is 5.95 Å². The Kier molecular flexibility index (Phi) is 4.67. The lowest BCUT2D eigenvalue weighted by Crippen LogP contribution is -2.40. The quantitative estimate of drug-likeness (QED) is 0.831. The number of hydrogen-bond donors (Lipinski definition) is 2. The summed E-state index contributed by atoms with van der Waals surface area (Å²) in [6, 6.07) is 4.63. The first-order chi connectivity index (χ1) is 10.3. The van der Waals surface area contributed by atoms with Crippen molar-refractivity contribution in [1.29, 1.82) is 0 Å². The molecule has 22 heavy (non-hydrogen) atoms. The third-order valence-electron chi connectivity index (χ3n) is 2.32. The molecule has 2 rings (SSSR count). The van der Waals surface area contributed by atoms with Crippen LogP contribution in [0.15, 0.2) is 24.4 Å². The lowest BCUT2D eigenvalue weighted by molar-refractivity contribution is -0.173. The van der Waals surface area contributed by atoms with Crippen LogP contribution in [0.4, 0.5) is 19.1 Å². The topological polar surface area (TPSA) is 79.8 Å². The highest BCUT2D eigenvalue weighted by Crippen LogP contribution is 2.27. The molecule has 0 atom stereocenters. The normalized spacial score (nSPS) is 11.1. The highest BCUT2D eigenvalue weighted by Gasteiger charge is 2.38. The van der Waals surface area contributed by atoms with Crippen molar-refractivity contribution in [1.82, 2.24) is 20.6 Å². The summed E-state index contributed by atoms with van der Waals surface area (Å²) in [6.07, 6.45) is -3.75. The van der Waals surface area contributed by atoms with E-state index in [2.05, 4.69) is 15.2 Å². The fraction of sp³-hybridized carbons (Fsp3) is 0.0909. The molecule has 116 valence electrons. The average Bonchev–Trinajstić information content (AvgIpc) is 2.47. The van der Waals surface area contributed by atoms with Crippen LogP contribution in [0, 0.1) is 0 Å². The Balaban J connectivity index is 2.16. The van der Waals surface area contributed by atoms with Crippen molar-refractivity contribution >= 4 is 35.1 Å². The summed E-state index contributed by atoms with van der Waals surface area (Å²) in [4.78, 5) is 14.6. The minimum absolute atomic E-state index is 0.275. The molecule has 0 fully saturated rings. The zero-order chi connectivity index (χ0) is 16.3. The third kappa shape index (κ3) is 3.95. The first-order valence-corrected chi connectivity index (χ1v) is 6.31. The molecule has 0 aliphatic carbocycles. The fourth-order valence-corrected chi connectivity index (χ4v) is 1.63. The van der Waals surface area contributed by atoms with E-state index >= 15 is 0 Å². The smallest absolute Gasteiger partial charge is 0.264 e. The maximum atomic E-state index is 12.0. The van der Waals surface area contributed by atoms with Crippen molar-refractivity contribution in [2.75, 3.05) is 5.43 Å². The second-order valence-corrected chi connectivity index (χ2v) is 4.69. The molecule has 0 radical (unpaired) electrons. The van der Waals surface area contributed by atoms with Crippen molar-refractivity contribution < 1.29 is 18.0 Å². The molecule has 0 spiro atoms. The SMILES string of the molecule is O=C(NNc1nncc(-c2ccc(Cl)c(Cl)c2)n1)C(F)(F)F. The van der Waals surface area contributed by atoms with Crippen LogP contribution in [0.3, 0.4) is 0 Å². The fourth-order valence-electron chi connectivity index (χ4n) is 1.33. The molecule has 0 aliphatic heterocycles. The molecule has 0 unspecified atom stereocenters. The number of nitrogens with one attached hydrogen (secondary N) is 2. The number of carbonyl (C=O) groups excluding carboxylic acids is 1. The van der Waals surface area contributed by atoms with Gasteiger partial charge in [-0.05, 0) is 12.1 Å². The van der Waals surface area contributed by atoms with Gasteiger partial charge in [-0.25, -0.2) is 4.98 Å². The Labute approximate surface area is 131 Å². The predicted molar refractivity (Wildman–Crippen MR) is 73.1 cm³/mol. The Morgan fingerprint density at radius 1 is 1.18 bits per heavy atom. The molecule has 1 heterocycles. The van der Waals surface area contributed by atoms with Crippen molar-refractivity contribution in [3.05, 3.63) is 34.4 Å². The number of carbonyl (C=O) groups is 1. The van der Waals surface area contributed by atoms with Crippen molar-refractivity contribution in [3.8, 4) is 11.3 Å². The summed E-state index contributed by atoms with van der Waals surface area (Å²) in [5, 5.41) is 7.63. The highest BCUT2D eigenvalue weighted by atomic mass is 35.5. The van der Waals surface area contributed by atoms with E-state index in [-0.39, 0.29) is 16.7 Å². The Hall–Kier alpha value is -2.13. The van der Waals surface area contributed by atoms with E-state index in [1.165, 1.54) is 23.8 Å². The summed E-state index contributed by atoms with van der Waals surface area (Å²) >= 11 is 11.6. The first-order valence-electron chi connectivity index (χ1n) is 5.55. The van der Waals surface area contributed by atoms with E-state index in [0.717, 1.165) is 0 Å². The summed E-state index contributed by atoms with van der Waals surface area (Å²) in [7, 11) is 0. The molecule has 2 N–H and O–H groups in total. The van der Waals surface area contributed by atoms with Gasteiger partial charge in [0.1, 0.15) is 0 Å². The highest BCUT2D eigenvalue weighted by molar-refractivity contribution is 6.42. The summed E-state index contributed by atoms with van der Waals surface area (Å²) in [5.74, 6) is -2.50. The van der Waals surface area contributed by atoms with Crippen LogP contribution in [0.25, 0.3) is 11.3 Å². The number of anilines is 1. The van der Waals surface area contributed by atoms with Crippen LogP contribution in [0.2, 0.25) is 10.0 Å². The standard InChI is InChI=1S/C11H6Cl2F3N5O/c12-6-2-1-5(3-7(6)13)8-4-17-20-10(18-8)21-19-9(22)11(14,15)16/h1-4H,(H,19,22)(H,18,20,21). The maximum Gasteiger partial charge on any atom is 0.472 e. The van der Waals surface area contributed by atoms with Crippen LogP contribution in [-0.4, -0.2) is 27.3 Å². The number of alkyl halides is 3. The Bertz CT molecular complexity index is 710. The van der Waals surface area contributed by atoms with Gasteiger partial charge in [-0.1, -0.05) is 29.3 Å². The molecule has 11 heteroatoms.